The maximum Gasteiger partial charge on any atom is 0.227 e. The van der Waals surface area contributed by atoms with Gasteiger partial charge in [-0.1, -0.05) is 32.9 Å². The Bertz CT molecular complexity index is 711. The number of halogens is 1. The van der Waals surface area contributed by atoms with Gasteiger partial charge in [-0.3, -0.25) is 9.78 Å². The molecule has 24 heavy (non-hydrogen) atoms. The van der Waals surface area contributed by atoms with Crippen LogP contribution >= 0.6 is 15.9 Å². The molecule has 0 aliphatic rings. The highest BCUT2D eigenvalue weighted by Gasteiger charge is 2.23. The maximum absolute atomic E-state index is 12.9. The van der Waals surface area contributed by atoms with Crippen LogP contribution < -0.4 is 9.64 Å². The van der Waals surface area contributed by atoms with Gasteiger partial charge in [-0.15, -0.1) is 0 Å². The molecule has 0 atom stereocenters. The summed E-state index contributed by atoms with van der Waals surface area (Å²) in [7, 11) is 1.64. The average molecular weight is 391 g/mol. The SMILES string of the molecule is COc1cccc(CN(C(=O)CC(C)(C)C)c2cncc(Br)c2)c1. The van der Waals surface area contributed by atoms with Crippen molar-refractivity contribution in [3.63, 3.8) is 0 Å². The Morgan fingerprint density at radius 3 is 2.62 bits per heavy atom. The lowest BCUT2D eigenvalue weighted by molar-refractivity contribution is -0.120. The minimum atomic E-state index is -0.0802. The highest BCUT2D eigenvalue weighted by Crippen LogP contribution is 2.26. The van der Waals surface area contributed by atoms with Gasteiger partial charge in [-0.25, -0.2) is 0 Å². The van der Waals surface area contributed by atoms with Crippen molar-refractivity contribution in [2.45, 2.75) is 33.7 Å². The number of methoxy groups -OCH3 is 1. The molecule has 128 valence electrons. The first-order chi connectivity index (χ1) is 11.3. The second-order valence-corrected chi connectivity index (χ2v) is 7.85. The van der Waals surface area contributed by atoms with E-state index < -0.39 is 0 Å². The van der Waals surface area contributed by atoms with E-state index in [4.69, 9.17) is 4.74 Å². The van der Waals surface area contributed by atoms with Gasteiger partial charge in [-0.2, -0.15) is 0 Å². The largest absolute Gasteiger partial charge is 0.497 e. The van der Waals surface area contributed by atoms with E-state index in [2.05, 4.69) is 41.7 Å². The van der Waals surface area contributed by atoms with Crippen molar-refractivity contribution in [1.29, 1.82) is 0 Å². The van der Waals surface area contributed by atoms with Gasteiger partial charge in [0.15, 0.2) is 0 Å². The Morgan fingerprint density at radius 1 is 1.25 bits per heavy atom. The van der Waals surface area contributed by atoms with Crippen LogP contribution in [0.2, 0.25) is 0 Å². The topological polar surface area (TPSA) is 42.4 Å². The number of nitrogens with zero attached hydrogens (tertiary/aromatic N) is 2. The van der Waals surface area contributed by atoms with Crippen molar-refractivity contribution >= 4 is 27.5 Å². The van der Waals surface area contributed by atoms with Crippen molar-refractivity contribution in [3.8, 4) is 5.75 Å². The molecule has 0 saturated carbocycles. The first kappa shape index (κ1) is 18.5. The third kappa shape index (κ3) is 5.34. The zero-order valence-electron chi connectivity index (χ0n) is 14.5. The number of hydrogen-bond donors (Lipinski definition) is 0. The molecular formula is C19H23BrN2O2. The number of carbonyl (C=O) groups excluding carboxylic acids is 1. The van der Waals surface area contributed by atoms with Crippen LogP contribution in [0.25, 0.3) is 0 Å². The molecule has 0 aliphatic heterocycles. The molecule has 1 aromatic heterocycles. The summed E-state index contributed by atoms with van der Waals surface area (Å²) in [5.74, 6) is 0.855. The third-order valence-corrected chi connectivity index (χ3v) is 3.89. The Kier molecular flexibility index (Phi) is 5.99. The van der Waals surface area contributed by atoms with E-state index in [1.807, 2.05) is 30.3 Å². The maximum atomic E-state index is 12.9. The Morgan fingerprint density at radius 2 is 2.00 bits per heavy atom. The van der Waals surface area contributed by atoms with Crippen LogP contribution in [0, 0.1) is 5.41 Å². The molecule has 1 aromatic carbocycles. The predicted octanol–water partition coefficient (Wildman–Crippen LogP) is 4.82. The molecule has 0 fully saturated rings. The Labute approximate surface area is 152 Å². The van der Waals surface area contributed by atoms with Gasteiger partial charge in [0.05, 0.1) is 25.5 Å². The summed E-state index contributed by atoms with van der Waals surface area (Å²) in [4.78, 5) is 18.9. The summed E-state index contributed by atoms with van der Waals surface area (Å²) in [5, 5.41) is 0. The Balaban J connectivity index is 2.33. The monoisotopic (exact) mass is 390 g/mol. The molecule has 0 radical (unpaired) electrons. The molecule has 0 bridgehead atoms. The van der Waals surface area contributed by atoms with E-state index >= 15 is 0 Å². The van der Waals surface area contributed by atoms with E-state index in [1.165, 1.54) is 0 Å². The molecule has 2 rings (SSSR count). The summed E-state index contributed by atoms with van der Waals surface area (Å²) in [6, 6.07) is 9.67. The van der Waals surface area contributed by atoms with Gasteiger partial charge in [0, 0.05) is 17.1 Å². The van der Waals surface area contributed by atoms with Crippen molar-refractivity contribution in [3.05, 3.63) is 52.8 Å². The molecular weight excluding hydrogens is 368 g/mol. The van der Waals surface area contributed by atoms with Crippen molar-refractivity contribution < 1.29 is 9.53 Å². The molecule has 4 nitrogen and oxygen atoms in total. The number of amides is 1. The van der Waals surface area contributed by atoms with E-state index in [0.717, 1.165) is 21.5 Å². The number of aromatic nitrogens is 1. The average Bonchev–Trinajstić information content (AvgIpc) is 2.51. The van der Waals surface area contributed by atoms with Gasteiger partial charge in [0.25, 0.3) is 0 Å². The molecule has 5 heteroatoms. The van der Waals surface area contributed by atoms with Crippen LogP contribution in [-0.4, -0.2) is 18.0 Å². The fraction of sp³-hybridized carbons (Fsp3) is 0.368. The fourth-order valence-electron chi connectivity index (χ4n) is 2.37. The van der Waals surface area contributed by atoms with Crippen molar-refractivity contribution in [2.24, 2.45) is 5.41 Å². The van der Waals surface area contributed by atoms with Crippen molar-refractivity contribution in [1.82, 2.24) is 4.98 Å². The number of ether oxygens (including phenoxy) is 1. The number of hydrogen-bond acceptors (Lipinski definition) is 3. The van der Waals surface area contributed by atoms with Crippen LogP contribution in [0.5, 0.6) is 5.75 Å². The van der Waals surface area contributed by atoms with Gasteiger partial charge in [0.1, 0.15) is 5.75 Å². The standard InChI is InChI=1S/C19H23BrN2O2/c1-19(2,3)10-18(23)22(16-9-15(20)11-21-12-16)13-14-6-5-7-17(8-14)24-4/h5-9,11-12H,10,13H2,1-4H3. The van der Waals surface area contributed by atoms with Gasteiger partial charge in [0.2, 0.25) is 5.91 Å². The molecule has 0 spiro atoms. The Hall–Kier alpha value is -1.88. The quantitative estimate of drug-likeness (QED) is 0.734. The zero-order valence-corrected chi connectivity index (χ0v) is 16.1. The predicted molar refractivity (Wildman–Crippen MR) is 100 cm³/mol. The number of benzene rings is 1. The summed E-state index contributed by atoms with van der Waals surface area (Å²) in [6.45, 7) is 6.67. The molecule has 0 unspecified atom stereocenters. The summed E-state index contributed by atoms with van der Waals surface area (Å²) in [5.41, 5.74) is 1.71. The smallest absolute Gasteiger partial charge is 0.227 e. The van der Waals surface area contributed by atoms with E-state index in [0.29, 0.717) is 13.0 Å². The minimum Gasteiger partial charge on any atom is -0.497 e. The van der Waals surface area contributed by atoms with Gasteiger partial charge >= 0.3 is 0 Å². The van der Waals surface area contributed by atoms with Crippen LogP contribution in [0.15, 0.2) is 47.2 Å². The van der Waals surface area contributed by atoms with Crippen LogP contribution in [0.1, 0.15) is 32.8 Å². The first-order valence-corrected chi connectivity index (χ1v) is 8.62. The van der Waals surface area contributed by atoms with Crippen LogP contribution in [0.3, 0.4) is 0 Å². The normalized spacial score (nSPS) is 11.2. The lowest BCUT2D eigenvalue weighted by Gasteiger charge is -2.27. The number of rotatable bonds is 5. The van der Waals surface area contributed by atoms with Gasteiger partial charge < -0.3 is 9.64 Å². The summed E-state index contributed by atoms with van der Waals surface area (Å²) >= 11 is 3.43. The molecule has 0 aliphatic carbocycles. The molecule has 0 saturated heterocycles. The second-order valence-electron chi connectivity index (χ2n) is 6.93. The number of pyridine rings is 1. The zero-order chi connectivity index (χ0) is 17.7. The molecule has 1 amide bonds. The molecule has 0 N–H and O–H groups in total. The minimum absolute atomic E-state index is 0.0743. The summed E-state index contributed by atoms with van der Waals surface area (Å²) < 4.78 is 6.13. The second kappa shape index (κ2) is 7.79. The highest BCUT2D eigenvalue weighted by atomic mass is 79.9. The molecule has 1 heterocycles. The number of anilines is 1. The lowest BCUT2D eigenvalue weighted by Crippen LogP contribution is -2.33. The fourth-order valence-corrected chi connectivity index (χ4v) is 2.73. The summed E-state index contributed by atoms with van der Waals surface area (Å²) in [6.07, 6.45) is 3.89. The van der Waals surface area contributed by atoms with Crippen LogP contribution in [-0.2, 0) is 11.3 Å². The third-order valence-electron chi connectivity index (χ3n) is 3.46. The van der Waals surface area contributed by atoms with Crippen LogP contribution in [0.4, 0.5) is 5.69 Å². The number of carbonyl (C=O) groups is 1. The molecule has 2 aromatic rings. The van der Waals surface area contributed by atoms with E-state index in [1.54, 1.807) is 24.4 Å². The highest BCUT2D eigenvalue weighted by molar-refractivity contribution is 9.10. The van der Waals surface area contributed by atoms with Gasteiger partial charge in [-0.05, 0) is 45.1 Å². The lowest BCUT2D eigenvalue weighted by atomic mass is 9.91. The van der Waals surface area contributed by atoms with Crippen molar-refractivity contribution in [2.75, 3.05) is 12.0 Å². The first-order valence-electron chi connectivity index (χ1n) is 7.82. The van der Waals surface area contributed by atoms with E-state index in [-0.39, 0.29) is 11.3 Å². The van der Waals surface area contributed by atoms with E-state index in [9.17, 15) is 4.79 Å².